The molecule has 1 aromatic heterocycles. The molecule has 2 aromatic rings. The number of anilines is 2. The Bertz CT molecular complexity index is 831. The number of hydrogen-bond donors (Lipinski definition) is 0. The summed E-state index contributed by atoms with van der Waals surface area (Å²) in [6.07, 6.45) is 4.37. The summed E-state index contributed by atoms with van der Waals surface area (Å²) in [6, 6.07) is 12.0. The highest BCUT2D eigenvalue weighted by molar-refractivity contribution is 5.92. The first kappa shape index (κ1) is 19.6. The Morgan fingerprint density at radius 3 is 2.52 bits per heavy atom. The Morgan fingerprint density at radius 2 is 1.83 bits per heavy atom. The van der Waals surface area contributed by atoms with Crippen LogP contribution < -0.4 is 14.5 Å². The Kier molecular flexibility index (Phi) is 5.88. The number of piperazine rings is 1. The van der Waals surface area contributed by atoms with Crippen LogP contribution in [0.4, 0.5) is 11.4 Å². The van der Waals surface area contributed by atoms with E-state index in [0.717, 1.165) is 43.3 Å². The lowest BCUT2D eigenvalue weighted by molar-refractivity contribution is 0.0741. The van der Waals surface area contributed by atoms with Gasteiger partial charge in [-0.05, 0) is 43.0 Å². The van der Waals surface area contributed by atoms with Crippen LogP contribution in [0.3, 0.4) is 0 Å². The van der Waals surface area contributed by atoms with Gasteiger partial charge < -0.3 is 19.4 Å². The molecular weight excluding hydrogens is 364 g/mol. The zero-order chi connectivity index (χ0) is 20.2. The molecule has 0 radical (unpaired) electrons. The molecule has 1 atom stereocenters. The van der Waals surface area contributed by atoms with E-state index < -0.39 is 0 Å². The lowest BCUT2D eigenvalue weighted by Gasteiger charge is -2.36. The number of carbonyl (C=O) groups excluding carboxylic acids is 1. The molecule has 2 fully saturated rings. The van der Waals surface area contributed by atoms with E-state index in [1.54, 1.807) is 7.11 Å². The number of piperidine rings is 1. The number of ether oxygens (including phenoxy) is 1. The number of pyridine rings is 1. The molecule has 2 aliphatic heterocycles. The number of methoxy groups -OCH3 is 1. The summed E-state index contributed by atoms with van der Waals surface area (Å²) in [6.45, 7) is 7.38. The highest BCUT2D eigenvalue weighted by atomic mass is 16.5. The van der Waals surface area contributed by atoms with E-state index in [1.165, 1.54) is 12.8 Å². The van der Waals surface area contributed by atoms with Gasteiger partial charge in [0.1, 0.15) is 11.4 Å². The van der Waals surface area contributed by atoms with Gasteiger partial charge in [0.05, 0.1) is 24.7 Å². The summed E-state index contributed by atoms with van der Waals surface area (Å²) in [4.78, 5) is 24.0. The van der Waals surface area contributed by atoms with Crippen molar-refractivity contribution in [3.05, 3.63) is 48.3 Å². The molecule has 0 saturated carbocycles. The normalized spacial score (nSPS) is 19.9. The van der Waals surface area contributed by atoms with E-state index in [-0.39, 0.29) is 5.91 Å². The van der Waals surface area contributed by atoms with Crippen molar-refractivity contribution in [2.24, 2.45) is 5.92 Å². The number of carbonyl (C=O) groups is 1. The van der Waals surface area contributed by atoms with Gasteiger partial charge in [-0.2, -0.15) is 0 Å². The summed E-state index contributed by atoms with van der Waals surface area (Å²) in [5, 5.41) is 0. The van der Waals surface area contributed by atoms with Crippen LogP contribution in [-0.4, -0.2) is 62.2 Å². The van der Waals surface area contributed by atoms with Crippen LogP contribution in [-0.2, 0) is 0 Å². The van der Waals surface area contributed by atoms with E-state index in [0.29, 0.717) is 24.7 Å². The lowest BCUT2D eigenvalue weighted by atomic mass is 10.00. The fourth-order valence-electron chi connectivity index (χ4n) is 4.33. The van der Waals surface area contributed by atoms with E-state index in [2.05, 4.69) is 27.8 Å². The molecule has 2 saturated heterocycles. The minimum atomic E-state index is 0.0169. The molecule has 0 spiro atoms. The van der Waals surface area contributed by atoms with Gasteiger partial charge in [0.15, 0.2) is 0 Å². The first-order valence-electron chi connectivity index (χ1n) is 10.5. The predicted molar refractivity (Wildman–Crippen MR) is 116 cm³/mol. The lowest BCUT2D eigenvalue weighted by Crippen LogP contribution is -2.49. The second-order valence-corrected chi connectivity index (χ2v) is 8.05. The number of nitrogens with zero attached hydrogens (tertiary/aromatic N) is 4. The van der Waals surface area contributed by atoms with Crippen molar-refractivity contribution in [1.82, 2.24) is 9.88 Å². The van der Waals surface area contributed by atoms with Crippen LogP contribution in [0.5, 0.6) is 5.75 Å². The fourth-order valence-corrected chi connectivity index (χ4v) is 4.33. The molecule has 1 unspecified atom stereocenters. The quantitative estimate of drug-likeness (QED) is 0.796. The number of benzene rings is 1. The first-order chi connectivity index (χ1) is 14.2. The number of amides is 1. The Balaban J connectivity index is 1.37. The van der Waals surface area contributed by atoms with Crippen molar-refractivity contribution >= 4 is 17.3 Å². The third-order valence-corrected chi connectivity index (χ3v) is 5.98. The third-order valence-electron chi connectivity index (χ3n) is 5.98. The van der Waals surface area contributed by atoms with Crippen LogP contribution in [0.1, 0.15) is 30.3 Å². The van der Waals surface area contributed by atoms with E-state index >= 15 is 0 Å². The van der Waals surface area contributed by atoms with Crippen molar-refractivity contribution in [2.45, 2.75) is 19.8 Å². The van der Waals surface area contributed by atoms with Gasteiger partial charge in [0, 0.05) is 39.3 Å². The standard InChI is InChI=1S/C23H30N4O2/c1-18-6-5-11-27(17-18)19-9-10-20(24-16-19)23(28)26-14-12-25(13-15-26)21-7-3-4-8-22(21)29-2/h3-4,7-10,16,18H,5-6,11-15,17H2,1-2H3. The van der Waals surface area contributed by atoms with Crippen LogP contribution in [0.25, 0.3) is 0 Å². The van der Waals surface area contributed by atoms with Crippen molar-refractivity contribution in [3.8, 4) is 5.75 Å². The first-order valence-corrected chi connectivity index (χ1v) is 10.5. The van der Waals surface area contributed by atoms with Crippen LogP contribution in [0.2, 0.25) is 0 Å². The van der Waals surface area contributed by atoms with Crippen molar-refractivity contribution in [3.63, 3.8) is 0 Å². The Hall–Kier alpha value is -2.76. The smallest absolute Gasteiger partial charge is 0.272 e. The molecule has 6 nitrogen and oxygen atoms in total. The van der Waals surface area contributed by atoms with Gasteiger partial charge in [-0.15, -0.1) is 0 Å². The van der Waals surface area contributed by atoms with Crippen molar-refractivity contribution in [2.75, 3.05) is 56.2 Å². The molecule has 1 aromatic carbocycles. The summed E-state index contributed by atoms with van der Waals surface area (Å²) >= 11 is 0. The molecule has 6 heteroatoms. The minimum absolute atomic E-state index is 0.0169. The molecule has 0 aliphatic carbocycles. The fraction of sp³-hybridized carbons (Fsp3) is 0.478. The van der Waals surface area contributed by atoms with Gasteiger partial charge in [-0.3, -0.25) is 4.79 Å². The van der Waals surface area contributed by atoms with E-state index in [4.69, 9.17) is 4.74 Å². The topological polar surface area (TPSA) is 48.9 Å². The Morgan fingerprint density at radius 1 is 1.03 bits per heavy atom. The SMILES string of the molecule is COc1ccccc1N1CCN(C(=O)c2ccc(N3CCCC(C)C3)cn2)CC1. The number of hydrogen-bond acceptors (Lipinski definition) is 5. The number of para-hydroxylation sites is 2. The summed E-state index contributed by atoms with van der Waals surface area (Å²) in [7, 11) is 1.69. The average molecular weight is 395 g/mol. The van der Waals surface area contributed by atoms with Crippen molar-refractivity contribution < 1.29 is 9.53 Å². The number of aromatic nitrogens is 1. The molecule has 0 bridgehead atoms. The van der Waals surface area contributed by atoms with Gasteiger partial charge in [0.2, 0.25) is 0 Å². The Labute approximate surface area is 173 Å². The predicted octanol–water partition coefficient (Wildman–Crippen LogP) is 3.29. The van der Waals surface area contributed by atoms with Gasteiger partial charge >= 0.3 is 0 Å². The second kappa shape index (κ2) is 8.72. The van der Waals surface area contributed by atoms with Gasteiger partial charge in [0.25, 0.3) is 5.91 Å². The maximum Gasteiger partial charge on any atom is 0.272 e. The zero-order valence-corrected chi connectivity index (χ0v) is 17.4. The average Bonchev–Trinajstić information content (AvgIpc) is 2.79. The summed E-state index contributed by atoms with van der Waals surface area (Å²) in [5.41, 5.74) is 2.74. The molecular formula is C23H30N4O2. The molecule has 0 N–H and O–H groups in total. The molecule has 1 amide bonds. The highest BCUT2D eigenvalue weighted by Gasteiger charge is 2.25. The van der Waals surface area contributed by atoms with Crippen LogP contribution >= 0.6 is 0 Å². The van der Waals surface area contributed by atoms with E-state index in [9.17, 15) is 4.79 Å². The maximum absolute atomic E-state index is 12.9. The molecule has 3 heterocycles. The van der Waals surface area contributed by atoms with Gasteiger partial charge in [-0.1, -0.05) is 19.1 Å². The van der Waals surface area contributed by atoms with Crippen molar-refractivity contribution in [1.29, 1.82) is 0 Å². The third kappa shape index (κ3) is 4.31. The van der Waals surface area contributed by atoms with Crippen LogP contribution in [0.15, 0.2) is 42.6 Å². The second-order valence-electron chi connectivity index (χ2n) is 8.05. The van der Waals surface area contributed by atoms with Gasteiger partial charge in [-0.25, -0.2) is 4.98 Å². The summed E-state index contributed by atoms with van der Waals surface area (Å²) in [5.74, 6) is 1.60. The molecule has 4 rings (SSSR count). The van der Waals surface area contributed by atoms with Crippen LogP contribution in [0, 0.1) is 5.92 Å². The molecule has 154 valence electrons. The molecule has 2 aliphatic rings. The maximum atomic E-state index is 12.9. The summed E-state index contributed by atoms with van der Waals surface area (Å²) < 4.78 is 5.47. The highest BCUT2D eigenvalue weighted by Crippen LogP contribution is 2.28. The monoisotopic (exact) mass is 394 g/mol. The molecule has 29 heavy (non-hydrogen) atoms. The largest absolute Gasteiger partial charge is 0.495 e. The minimum Gasteiger partial charge on any atom is -0.495 e. The van der Waals surface area contributed by atoms with E-state index in [1.807, 2.05) is 41.4 Å². The number of rotatable bonds is 4. The zero-order valence-electron chi connectivity index (χ0n) is 17.4.